The van der Waals surface area contributed by atoms with E-state index in [-0.39, 0.29) is 0 Å². The number of aryl methyl sites for hydroxylation is 1. The summed E-state index contributed by atoms with van der Waals surface area (Å²) in [7, 11) is 0. The Morgan fingerprint density at radius 2 is 1.97 bits per heavy atom. The summed E-state index contributed by atoms with van der Waals surface area (Å²) in [5.41, 5.74) is 0.657. The predicted octanol–water partition coefficient (Wildman–Crippen LogP) is 3.29. The van der Waals surface area contributed by atoms with Crippen molar-refractivity contribution in [3.8, 4) is 17.1 Å². The van der Waals surface area contributed by atoms with Crippen LogP contribution in [0.2, 0.25) is 0 Å². The van der Waals surface area contributed by atoms with Crippen molar-refractivity contribution in [2.75, 3.05) is 0 Å². The molecule has 0 aliphatic carbocycles. The van der Waals surface area contributed by atoms with Gasteiger partial charge in [0.15, 0.2) is 6.10 Å². The summed E-state index contributed by atoms with van der Waals surface area (Å²) in [5.74, 6) is 1.42. The fourth-order valence-corrected chi connectivity index (χ4v) is 3.14. The zero-order valence-electron chi connectivity index (χ0n) is 16.1. The van der Waals surface area contributed by atoms with E-state index in [2.05, 4.69) is 15.1 Å². The van der Waals surface area contributed by atoms with Gasteiger partial charge in [0.2, 0.25) is 5.82 Å². The number of benzene rings is 2. The number of hydrogen-bond acceptors (Lipinski definition) is 6. The molecule has 4 rings (SSSR count). The highest BCUT2D eigenvalue weighted by atomic mass is 16.5. The number of hydrogen-bond donors (Lipinski definition) is 1. The molecule has 2 aromatic heterocycles. The van der Waals surface area contributed by atoms with Gasteiger partial charge in [-0.15, -0.1) is 0 Å². The van der Waals surface area contributed by atoms with Crippen LogP contribution < -0.4 is 15.9 Å². The van der Waals surface area contributed by atoms with Crippen molar-refractivity contribution in [3.63, 3.8) is 0 Å². The minimum absolute atomic E-state index is 0.341. The molecular weight excluding hydrogens is 372 g/mol. The average Bonchev–Trinajstić information content (AvgIpc) is 3.22. The topological polar surface area (TPSA) is 103 Å². The van der Waals surface area contributed by atoms with Crippen molar-refractivity contribution in [3.05, 3.63) is 75.1 Å². The van der Waals surface area contributed by atoms with Crippen LogP contribution in [0.4, 0.5) is 0 Å². The van der Waals surface area contributed by atoms with Crippen molar-refractivity contribution in [1.29, 1.82) is 0 Å². The molecular formula is C21H20N4O4. The monoisotopic (exact) mass is 392 g/mol. The SMILES string of the molecule is CCCn1c(=O)c(=O)[nH]c2cc(-c3noc([C@H](C)Oc4ccccc4)n3)ccc21. The Balaban J connectivity index is 1.66. The zero-order chi connectivity index (χ0) is 20.4. The van der Waals surface area contributed by atoms with Gasteiger partial charge in [0, 0.05) is 12.1 Å². The van der Waals surface area contributed by atoms with E-state index in [9.17, 15) is 9.59 Å². The van der Waals surface area contributed by atoms with Crippen LogP contribution >= 0.6 is 0 Å². The number of aromatic nitrogens is 4. The number of para-hydroxylation sites is 1. The van der Waals surface area contributed by atoms with E-state index < -0.39 is 17.2 Å². The van der Waals surface area contributed by atoms with Crippen LogP contribution in [0.1, 0.15) is 32.3 Å². The van der Waals surface area contributed by atoms with E-state index in [1.807, 2.05) is 44.2 Å². The van der Waals surface area contributed by atoms with Gasteiger partial charge in [0.1, 0.15) is 5.75 Å². The molecule has 0 unspecified atom stereocenters. The van der Waals surface area contributed by atoms with E-state index in [4.69, 9.17) is 9.26 Å². The Hall–Kier alpha value is -3.68. The van der Waals surface area contributed by atoms with Gasteiger partial charge in [-0.05, 0) is 43.7 Å². The Labute approximate surface area is 165 Å². The number of fused-ring (bicyclic) bond motifs is 1. The van der Waals surface area contributed by atoms with Crippen LogP contribution in [-0.2, 0) is 6.54 Å². The number of H-pyrrole nitrogens is 1. The average molecular weight is 392 g/mol. The van der Waals surface area contributed by atoms with Crippen molar-refractivity contribution in [2.45, 2.75) is 32.9 Å². The fraction of sp³-hybridized carbons (Fsp3) is 0.238. The number of nitrogens with one attached hydrogen (secondary N) is 1. The second kappa shape index (κ2) is 7.75. The van der Waals surface area contributed by atoms with Gasteiger partial charge in [-0.1, -0.05) is 30.3 Å². The minimum Gasteiger partial charge on any atom is -0.481 e. The second-order valence-electron chi connectivity index (χ2n) is 6.67. The maximum absolute atomic E-state index is 12.1. The van der Waals surface area contributed by atoms with Crippen LogP contribution in [0, 0.1) is 0 Å². The molecule has 0 saturated heterocycles. The molecule has 0 amide bonds. The molecule has 0 aliphatic heterocycles. The summed E-state index contributed by atoms with van der Waals surface area (Å²) in [6.07, 6.45) is 0.321. The molecule has 0 bridgehead atoms. The summed E-state index contributed by atoms with van der Waals surface area (Å²) in [6.45, 7) is 4.25. The van der Waals surface area contributed by atoms with Crippen molar-refractivity contribution in [2.24, 2.45) is 0 Å². The first-order chi connectivity index (χ1) is 14.1. The third-order valence-electron chi connectivity index (χ3n) is 4.53. The van der Waals surface area contributed by atoms with E-state index in [0.717, 1.165) is 6.42 Å². The molecule has 1 atom stereocenters. The summed E-state index contributed by atoms with van der Waals surface area (Å²) in [6, 6.07) is 14.7. The Bertz CT molecular complexity index is 1260. The van der Waals surface area contributed by atoms with Gasteiger partial charge in [-0.25, -0.2) is 0 Å². The lowest BCUT2D eigenvalue weighted by Gasteiger charge is -2.10. The van der Waals surface area contributed by atoms with Crippen LogP contribution in [0.25, 0.3) is 22.4 Å². The zero-order valence-corrected chi connectivity index (χ0v) is 16.1. The normalized spacial score (nSPS) is 12.2. The van der Waals surface area contributed by atoms with Crippen LogP contribution in [0.3, 0.4) is 0 Å². The molecule has 0 spiro atoms. The maximum atomic E-state index is 12.1. The summed E-state index contributed by atoms with van der Waals surface area (Å²) < 4.78 is 12.6. The molecule has 0 fully saturated rings. The number of aromatic amines is 1. The lowest BCUT2D eigenvalue weighted by atomic mass is 10.1. The molecule has 2 heterocycles. The summed E-state index contributed by atoms with van der Waals surface area (Å²) in [5, 5.41) is 4.03. The van der Waals surface area contributed by atoms with Gasteiger partial charge < -0.3 is 18.8 Å². The highest BCUT2D eigenvalue weighted by molar-refractivity contribution is 5.80. The van der Waals surface area contributed by atoms with Crippen molar-refractivity contribution in [1.82, 2.24) is 19.7 Å². The van der Waals surface area contributed by atoms with Crippen LogP contribution in [0.15, 0.2) is 62.6 Å². The minimum atomic E-state index is -0.651. The molecule has 0 aliphatic rings. The molecule has 1 N–H and O–H groups in total. The molecule has 0 radical (unpaired) electrons. The molecule has 8 nitrogen and oxygen atoms in total. The first-order valence-corrected chi connectivity index (χ1v) is 9.39. The molecule has 2 aromatic carbocycles. The highest BCUT2D eigenvalue weighted by Gasteiger charge is 2.17. The number of nitrogens with zero attached hydrogens (tertiary/aromatic N) is 3. The van der Waals surface area contributed by atoms with Crippen LogP contribution in [0.5, 0.6) is 5.75 Å². The third kappa shape index (κ3) is 3.69. The van der Waals surface area contributed by atoms with E-state index in [0.29, 0.717) is 40.6 Å². The molecule has 0 saturated carbocycles. The number of ether oxygens (including phenoxy) is 1. The van der Waals surface area contributed by atoms with E-state index in [1.165, 1.54) is 4.57 Å². The molecule has 29 heavy (non-hydrogen) atoms. The fourth-order valence-electron chi connectivity index (χ4n) is 3.14. The summed E-state index contributed by atoms with van der Waals surface area (Å²) in [4.78, 5) is 31.2. The first kappa shape index (κ1) is 18.7. The third-order valence-corrected chi connectivity index (χ3v) is 4.53. The van der Waals surface area contributed by atoms with Gasteiger partial charge in [-0.2, -0.15) is 4.98 Å². The van der Waals surface area contributed by atoms with Gasteiger partial charge >= 0.3 is 11.1 Å². The van der Waals surface area contributed by atoms with E-state index in [1.54, 1.807) is 18.2 Å². The van der Waals surface area contributed by atoms with Crippen molar-refractivity contribution >= 4 is 11.0 Å². The molecule has 4 aromatic rings. The molecule has 148 valence electrons. The highest BCUT2D eigenvalue weighted by Crippen LogP contribution is 2.24. The lowest BCUT2D eigenvalue weighted by Crippen LogP contribution is -2.36. The van der Waals surface area contributed by atoms with Crippen LogP contribution in [-0.4, -0.2) is 19.7 Å². The largest absolute Gasteiger partial charge is 0.481 e. The maximum Gasteiger partial charge on any atom is 0.316 e. The lowest BCUT2D eigenvalue weighted by molar-refractivity contribution is 0.176. The van der Waals surface area contributed by atoms with Gasteiger partial charge in [0.05, 0.1) is 11.0 Å². The Kier molecular flexibility index (Phi) is 4.99. The quantitative estimate of drug-likeness (QED) is 0.505. The number of rotatable bonds is 6. The first-order valence-electron chi connectivity index (χ1n) is 9.39. The predicted molar refractivity (Wildman–Crippen MR) is 108 cm³/mol. The van der Waals surface area contributed by atoms with Crippen molar-refractivity contribution < 1.29 is 9.26 Å². The second-order valence-corrected chi connectivity index (χ2v) is 6.67. The van der Waals surface area contributed by atoms with Gasteiger partial charge in [0.25, 0.3) is 5.89 Å². The Morgan fingerprint density at radius 3 is 2.72 bits per heavy atom. The van der Waals surface area contributed by atoms with Gasteiger partial charge in [-0.3, -0.25) is 9.59 Å². The summed E-state index contributed by atoms with van der Waals surface area (Å²) >= 11 is 0. The molecule has 8 heteroatoms. The Morgan fingerprint density at radius 1 is 1.17 bits per heavy atom. The van der Waals surface area contributed by atoms with E-state index >= 15 is 0 Å². The smallest absolute Gasteiger partial charge is 0.316 e. The standard InChI is InChI=1S/C21H20N4O4/c1-3-11-25-17-10-9-14(12-16(17)22-19(26)21(25)27)18-23-20(29-24-18)13(2)28-15-7-5-4-6-8-15/h4-10,12-13H,3,11H2,1-2H3,(H,22,26)/t13-/m0/s1.